The molecule has 3 rings (SSSR count). The molecule has 10 heteroatoms. The second-order valence-corrected chi connectivity index (χ2v) is 9.33. The number of aromatic hydroxyl groups is 2. The summed E-state index contributed by atoms with van der Waals surface area (Å²) in [6.07, 6.45) is 0. The third kappa shape index (κ3) is 3.65. The SMILES string of the molecule is O=S(=O)(O)C(c1ccc(Cl)cc1)(c1c(O)cc(Cl)cc1O)c1c(Cl)cccc1Cl. The van der Waals surface area contributed by atoms with Crippen LogP contribution in [0.15, 0.2) is 54.6 Å². The van der Waals surface area contributed by atoms with E-state index in [-0.39, 0.29) is 31.2 Å². The maximum atomic E-state index is 13.0. The Labute approximate surface area is 186 Å². The van der Waals surface area contributed by atoms with Gasteiger partial charge in [-0.2, -0.15) is 8.42 Å². The molecule has 0 radical (unpaired) electrons. The Morgan fingerprint density at radius 1 is 0.724 bits per heavy atom. The van der Waals surface area contributed by atoms with Crippen LogP contribution >= 0.6 is 46.4 Å². The number of halogens is 4. The molecule has 0 bridgehead atoms. The maximum absolute atomic E-state index is 13.0. The molecule has 3 aromatic carbocycles. The van der Waals surface area contributed by atoms with E-state index in [1.807, 2.05) is 0 Å². The number of benzene rings is 3. The molecule has 0 aliphatic carbocycles. The van der Waals surface area contributed by atoms with E-state index in [1.165, 1.54) is 42.5 Å². The zero-order valence-corrected chi connectivity index (χ0v) is 18.1. The van der Waals surface area contributed by atoms with Crippen molar-refractivity contribution in [3.8, 4) is 11.5 Å². The highest BCUT2D eigenvalue weighted by molar-refractivity contribution is 7.87. The number of rotatable bonds is 4. The first-order chi connectivity index (χ1) is 13.5. The van der Waals surface area contributed by atoms with Crippen molar-refractivity contribution >= 4 is 56.5 Å². The minimum absolute atomic E-state index is 0.0608. The lowest BCUT2D eigenvalue weighted by Gasteiger charge is -2.34. The van der Waals surface area contributed by atoms with Gasteiger partial charge in [0.1, 0.15) is 11.5 Å². The third-order valence-corrected chi connectivity index (χ3v) is 6.88. The molecule has 0 saturated carbocycles. The topological polar surface area (TPSA) is 94.8 Å². The van der Waals surface area contributed by atoms with Crippen LogP contribution in [0.3, 0.4) is 0 Å². The highest BCUT2D eigenvalue weighted by Gasteiger charge is 2.54. The summed E-state index contributed by atoms with van der Waals surface area (Å²) in [6.45, 7) is 0. The summed E-state index contributed by atoms with van der Waals surface area (Å²) in [5.41, 5.74) is -0.907. The van der Waals surface area contributed by atoms with Gasteiger partial charge < -0.3 is 10.2 Å². The summed E-state index contributed by atoms with van der Waals surface area (Å²) in [4.78, 5) is 0. The zero-order valence-electron chi connectivity index (χ0n) is 14.3. The molecule has 152 valence electrons. The van der Waals surface area contributed by atoms with Crippen LogP contribution in [0.4, 0.5) is 0 Å². The lowest BCUT2D eigenvalue weighted by Crippen LogP contribution is -2.39. The van der Waals surface area contributed by atoms with Gasteiger partial charge in [0.2, 0.25) is 0 Å². The molecule has 3 aromatic rings. The average Bonchev–Trinajstić information content (AvgIpc) is 2.59. The lowest BCUT2D eigenvalue weighted by molar-refractivity contribution is 0.416. The fourth-order valence-corrected chi connectivity index (χ4v) is 5.78. The fourth-order valence-electron chi connectivity index (χ4n) is 3.28. The van der Waals surface area contributed by atoms with Crippen LogP contribution < -0.4 is 0 Å². The highest BCUT2D eigenvalue weighted by atomic mass is 35.5. The molecule has 0 aliphatic heterocycles. The molecule has 0 aromatic heterocycles. The molecule has 29 heavy (non-hydrogen) atoms. The lowest BCUT2D eigenvalue weighted by atomic mass is 9.82. The van der Waals surface area contributed by atoms with Crippen molar-refractivity contribution in [1.29, 1.82) is 0 Å². The van der Waals surface area contributed by atoms with E-state index in [1.54, 1.807) is 0 Å². The predicted molar refractivity (Wildman–Crippen MR) is 114 cm³/mol. The summed E-state index contributed by atoms with van der Waals surface area (Å²) in [5, 5.41) is 21.2. The van der Waals surface area contributed by atoms with Crippen molar-refractivity contribution in [2.24, 2.45) is 0 Å². The van der Waals surface area contributed by atoms with Gasteiger partial charge in [-0.25, -0.2) is 0 Å². The minimum Gasteiger partial charge on any atom is -0.507 e. The van der Waals surface area contributed by atoms with E-state index in [9.17, 15) is 23.2 Å². The monoisotopic (exact) mass is 492 g/mol. The van der Waals surface area contributed by atoms with Gasteiger partial charge in [-0.15, -0.1) is 0 Å². The smallest absolute Gasteiger partial charge is 0.283 e. The molecule has 0 fully saturated rings. The van der Waals surface area contributed by atoms with Crippen LogP contribution in [0.5, 0.6) is 11.5 Å². The number of phenolic OH excluding ortho intramolecular Hbond substituents is 2. The van der Waals surface area contributed by atoms with Gasteiger partial charge in [0.15, 0.2) is 4.75 Å². The molecule has 0 aliphatic rings. The summed E-state index contributed by atoms with van der Waals surface area (Å²) < 4.78 is 33.9. The van der Waals surface area contributed by atoms with Crippen molar-refractivity contribution in [2.45, 2.75) is 4.75 Å². The Balaban J connectivity index is 2.66. The van der Waals surface area contributed by atoms with E-state index in [4.69, 9.17) is 46.4 Å². The second kappa shape index (κ2) is 7.87. The first kappa shape index (κ1) is 22.0. The van der Waals surface area contributed by atoms with Gasteiger partial charge >= 0.3 is 0 Å². The molecule has 5 nitrogen and oxygen atoms in total. The standard InChI is InChI=1S/C19H12Cl4O5S/c20-11-6-4-10(5-7-11)19(29(26,27)28,17-13(22)2-1-3-14(17)23)18-15(24)8-12(21)9-16(18)25/h1-9,24-25H,(H,26,27,28). The number of phenols is 2. The second-order valence-electron chi connectivity index (χ2n) is 6.08. The minimum atomic E-state index is -5.18. The van der Waals surface area contributed by atoms with Crippen molar-refractivity contribution < 1.29 is 23.2 Å². The third-order valence-electron chi connectivity index (χ3n) is 4.37. The molecule has 3 N–H and O–H groups in total. The molecule has 0 saturated heterocycles. The Morgan fingerprint density at radius 3 is 1.66 bits per heavy atom. The van der Waals surface area contributed by atoms with Crippen LogP contribution in [-0.2, 0) is 14.9 Å². The van der Waals surface area contributed by atoms with E-state index in [0.717, 1.165) is 12.1 Å². The fraction of sp³-hybridized carbons (Fsp3) is 0.0526. The van der Waals surface area contributed by atoms with Crippen LogP contribution in [0, 0.1) is 0 Å². The largest absolute Gasteiger partial charge is 0.507 e. The van der Waals surface area contributed by atoms with Crippen molar-refractivity contribution in [1.82, 2.24) is 0 Å². The zero-order chi connectivity index (χ0) is 21.6. The van der Waals surface area contributed by atoms with Crippen LogP contribution in [-0.4, -0.2) is 23.2 Å². The molecule has 0 heterocycles. The Morgan fingerprint density at radius 2 is 1.21 bits per heavy atom. The molecule has 1 atom stereocenters. The van der Waals surface area contributed by atoms with E-state index in [2.05, 4.69) is 0 Å². The maximum Gasteiger partial charge on any atom is 0.283 e. The van der Waals surface area contributed by atoms with Crippen molar-refractivity contribution in [2.75, 3.05) is 0 Å². The predicted octanol–water partition coefficient (Wildman–Crippen LogP) is 5.89. The Bertz CT molecular complexity index is 1150. The van der Waals surface area contributed by atoms with Gasteiger partial charge in [-0.05, 0) is 42.0 Å². The van der Waals surface area contributed by atoms with Crippen LogP contribution in [0.25, 0.3) is 0 Å². The van der Waals surface area contributed by atoms with E-state index >= 15 is 0 Å². The number of hydrogen-bond acceptors (Lipinski definition) is 4. The highest BCUT2D eigenvalue weighted by Crippen LogP contribution is 2.54. The average molecular weight is 494 g/mol. The first-order valence-electron chi connectivity index (χ1n) is 7.89. The molecular formula is C19H12Cl4O5S. The van der Waals surface area contributed by atoms with Gasteiger partial charge in [0.05, 0.1) is 5.56 Å². The Hall–Kier alpha value is -1.67. The van der Waals surface area contributed by atoms with E-state index in [0.29, 0.717) is 0 Å². The van der Waals surface area contributed by atoms with E-state index < -0.39 is 31.9 Å². The van der Waals surface area contributed by atoms with Crippen molar-refractivity contribution in [3.05, 3.63) is 91.4 Å². The first-order valence-corrected chi connectivity index (χ1v) is 10.8. The van der Waals surface area contributed by atoms with Gasteiger partial charge in [0, 0.05) is 25.7 Å². The molecule has 1 unspecified atom stereocenters. The summed E-state index contributed by atoms with van der Waals surface area (Å²) in [5.74, 6) is -1.39. The summed E-state index contributed by atoms with van der Waals surface area (Å²) in [7, 11) is -5.18. The van der Waals surface area contributed by atoms with Crippen LogP contribution in [0.1, 0.15) is 16.7 Å². The molecule has 0 spiro atoms. The van der Waals surface area contributed by atoms with Crippen LogP contribution in [0.2, 0.25) is 20.1 Å². The quantitative estimate of drug-likeness (QED) is 0.311. The van der Waals surface area contributed by atoms with Gasteiger partial charge in [-0.3, -0.25) is 4.55 Å². The number of hydrogen-bond donors (Lipinski definition) is 3. The van der Waals surface area contributed by atoms with Gasteiger partial charge in [-0.1, -0.05) is 64.6 Å². The van der Waals surface area contributed by atoms with Crippen molar-refractivity contribution in [3.63, 3.8) is 0 Å². The summed E-state index contributed by atoms with van der Waals surface area (Å²) >= 11 is 24.4. The van der Waals surface area contributed by atoms with Gasteiger partial charge in [0.25, 0.3) is 10.1 Å². The molecule has 0 amide bonds. The Kier molecular flexibility index (Phi) is 5.98. The summed E-state index contributed by atoms with van der Waals surface area (Å²) in [6, 6.07) is 11.6. The molecular weight excluding hydrogens is 482 g/mol. The normalized spacial score (nSPS) is 13.8.